The van der Waals surface area contributed by atoms with E-state index in [0.29, 0.717) is 5.92 Å². The van der Waals surface area contributed by atoms with Crippen LogP contribution < -0.4 is 5.73 Å². The van der Waals surface area contributed by atoms with Crippen molar-refractivity contribution in [3.63, 3.8) is 0 Å². The van der Waals surface area contributed by atoms with Crippen LogP contribution in [0.4, 0.5) is 5.82 Å². The fourth-order valence-corrected chi connectivity index (χ4v) is 2.01. The molecule has 2 N–H and O–H groups in total. The summed E-state index contributed by atoms with van der Waals surface area (Å²) in [5.74, 6) is 2.49. The molecule has 0 atom stereocenters. The van der Waals surface area contributed by atoms with E-state index in [2.05, 4.69) is 25.8 Å². The Morgan fingerprint density at radius 2 is 1.87 bits per heavy atom. The molecule has 0 aliphatic carbocycles. The Labute approximate surface area is 92.7 Å². The summed E-state index contributed by atoms with van der Waals surface area (Å²) in [6, 6.07) is 0. The first-order valence-electron chi connectivity index (χ1n) is 5.96. The summed E-state index contributed by atoms with van der Waals surface area (Å²) in [4.78, 5) is 4.68. The Balaban J connectivity index is 3.03. The molecule has 86 valence electrons. The van der Waals surface area contributed by atoms with Crippen LogP contribution in [0.5, 0.6) is 0 Å². The number of nitrogens with zero attached hydrogens (tertiary/aromatic N) is 2. The molecule has 1 aromatic rings. The smallest absolute Gasteiger partial charge is 0.126 e. The average molecular weight is 209 g/mol. The van der Waals surface area contributed by atoms with Gasteiger partial charge in [0.25, 0.3) is 0 Å². The van der Waals surface area contributed by atoms with Gasteiger partial charge in [-0.1, -0.05) is 20.8 Å². The van der Waals surface area contributed by atoms with Gasteiger partial charge in [-0.15, -0.1) is 0 Å². The van der Waals surface area contributed by atoms with Crippen LogP contribution in [0.1, 0.15) is 57.5 Å². The van der Waals surface area contributed by atoms with Crippen LogP contribution in [-0.2, 0) is 13.5 Å². The van der Waals surface area contributed by atoms with Gasteiger partial charge in [0, 0.05) is 19.4 Å². The molecule has 0 unspecified atom stereocenters. The molecule has 0 spiro atoms. The Kier molecular flexibility index (Phi) is 4.18. The predicted octanol–water partition coefficient (Wildman–Crippen LogP) is 2.86. The topological polar surface area (TPSA) is 43.8 Å². The minimum absolute atomic E-state index is 0.516. The summed E-state index contributed by atoms with van der Waals surface area (Å²) >= 11 is 0. The van der Waals surface area contributed by atoms with Gasteiger partial charge >= 0.3 is 0 Å². The van der Waals surface area contributed by atoms with E-state index in [-0.39, 0.29) is 0 Å². The number of anilines is 1. The number of imidazole rings is 1. The summed E-state index contributed by atoms with van der Waals surface area (Å²) in [5.41, 5.74) is 7.19. The van der Waals surface area contributed by atoms with Gasteiger partial charge in [-0.05, 0) is 19.3 Å². The lowest BCUT2D eigenvalue weighted by Gasteiger charge is -2.09. The number of nitrogens with two attached hydrogens (primary N) is 1. The first-order valence-corrected chi connectivity index (χ1v) is 5.96. The van der Waals surface area contributed by atoms with Gasteiger partial charge in [0.05, 0.1) is 5.69 Å². The molecule has 0 amide bonds. The van der Waals surface area contributed by atoms with E-state index in [9.17, 15) is 0 Å². The van der Waals surface area contributed by atoms with Crippen LogP contribution in [0.3, 0.4) is 0 Å². The summed E-state index contributed by atoms with van der Waals surface area (Å²) in [7, 11) is 2.01. The predicted molar refractivity (Wildman–Crippen MR) is 64.9 cm³/mol. The molecule has 0 aliphatic rings. The molecule has 0 aliphatic heterocycles. The Morgan fingerprint density at radius 1 is 1.27 bits per heavy atom. The normalized spacial score (nSPS) is 11.3. The Hall–Kier alpha value is -0.990. The number of nitrogen functional groups attached to an aromatic ring is 1. The first-order chi connectivity index (χ1) is 7.15. The van der Waals surface area contributed by atoms with Gasteiger partial charge in [0.2, 0.25) is 0 Å². The van der Waals surface area contributed by atoms with Crippen LogP contribution in [0, 0.1) is 0 Å². The Morgan fingerprint density at radius 3 is 2.33 bits per heavy atom. The van der Waals surface area contributed by atoms with Gasteiger partial charge < -0.3 is 10.3 Å². The molecular weight excluding hydrogens is 186 g/mol. The lowest BCUT2D eigenvalue weighted by atomic mass is 9.99. The third-order valence-electron chi connectivity index (χ3n) is 3.11. The molecule has 1 aromatic heterocycles. The van der Waals surface area contributed by atoms with Crippen molar-refractivity contribution >= 4 is 5.82 Å². The second-order valence-corrected chi connectivity index (χ2v) is 4.12. The largest absolute Gasteiger partial charge is 0.384 e. The fraction of sp³-hybridized carbons (Fsp3) is 0.750. The van der Waals surface area contributed by atoms with E-state index in [1.165, 1.54) is 0 Å². The zero-order valence-corrected chi connectivity index (χ0v) is 10.4. The molecule has 3 heteroatoms. The SMILES string of the molecule is CCCc1nc(C(CC)CC)c(N)n1C. The maximum absolute atomic E-state index is 6.09. The zero-order valence-electron chi connectivity index (χ0n) is 10.4. The van der Waals surface area contributed by atoms with E-state index < -0.39 is 0 Å². The van der Waals surface area contributed by atoms with Crippen molar-refractivity contribution < 1.29 is 0 Å². The highest BCUT2D eigenvalue weighted by molar-refractivity contribution is 5.40. The number of hydrogen-bond donors (Lipinski definition) is 1. The molecule has 0 radical (unpaired) electrons. The number of aromatic nitrogens is 2. The molecule has 0 bridgehead atoms. The molecule has 1 rings (SSSR count). The second kappa shape index (κ2) is 5.19. The highest BCUT2D eigenvalue weighted by Crippen LogP contribution is 2.27. The quantitative estimate of drug-likeness (QED) is 0.810. The van der Waals surface area contributed by atoms with Gasteiger partial charge in [0.1, 0.15) is 11.6 Å². The molecular formula is C12H23N3. The van der Waals surface area contributed by atoms with E-state index in [0.717, 1.165) is 43.0 Å². The van der Waals surface area contributed by atoms with Crippen LogP contribution in [0.2, 0.25) is 0 Å². The van der Waals surface area contributed by atoms with Gasteiger partial charge in [-0.25, -0.2) is 4.98 Å². The van der Waals surface area contributed by atoms with Crippen molar-refractivity contribution in [2.45, 2.75) is 52.4 Å². The van der Waals surface area contributed by atoms with Crippen LogP contribution in [0.25, 0.3) is 0 Å². The molecule has 0 saturated carbocycles. The minimum Gasteiger partial charge on any atom is -0.384 e. The molecule has 0 saturated heterocycles. The molecule has 1 heterocycles. The van der Waals surface area contributed by atoms with Crippen molar-refractivity contribution in [3.05, 3.63) is 11.5 Å². The lowest BCUT2D eigenvalue weighted by Crippen LogP contribution is -2.03. The number of rotatable bonds is 5. The fourth-order valence-electron chi connectivity index (χ4n) is 2.01. The number of aryl methyl sites for hydroxylation is 1. The maximum Gasteiger partial charge on any atom is 0.126 e. The van der Waals surface area contributed by atoms with Crippen molar-refractivity contribution in [2.24, 2.45) is 7.05 Å². The highest BCUT2D eigenvalue weighted by atomic mass is 15.1. The average Bonchev–Trinajstić information content (AvgIpc) is 2.50. The third kappa shape index (κ3) is 2.33. The first kappa shape index (κ1) is 12.1. The van der Waals surface area contributed by atoms with Crippen molar-refractivity contribution in [1.82, 2.24) is 9.55 Å². The maximum atomic E-state index is 6.09. The molecule has 3 nitrogen and oxygen atoms in total. The van der Waals surface area contributed by atoms with E-state index in [1.54, 1.807) is 0 Å². The van der Waals surface area contributed by atoms with Crippen LogP contribution >= 0.6 is 0 Å². The van der Waals surface area contributed by atoms with Crippen molar-refractivity contribution in [3.8, 4) is 0 Å². The third-order valence-corrected chi connectivity index (χ3v) is 3.11. The van der Waals surface area contributed by atoms with Crippen molar-refractivity contribution in [1.29, 1.82) is 0 Å². The minimum atomic E-state index is 0.516. The summed E-state index contributed by atoms with van der Waals surface area (Å²) in [6.45, 7) is 6.56. The van der Waals surface area contributed by atoms with Crippen molar-refractivity contribution in [2.75, 3.05) is 5.73 Å². The zero-order chi connectivity index (χ0) is 11.4. The van der Waals surface area contributed by atoms with Gasteiger partial charge in [-0.3, -0.25) is 0 Å². The van der Waals surface area contributed by atoms with Crippen LogP contribution in [0.15, 0.2) is 0 Å². The standard InChI is InChI=1S/C12H23N3/c1-5-8-10-14-11(9(6-2)7-3)12(13)15(10)4/h9H,5-8,13H2,1-4H3. The summed E-state index contributed by atoms with van der Waals surface area (Å²) in [6.07, 6.45) is 4.36. The Bertz CT molecular complexity index is 311. The molecule has 0 aromatic carbocycles. The molecule has 0 fully saturated rings. The second-order valence-electron chi connectivity index (χ2n) is 4.12. The van der Waals surface area contributed by atoms with Gasteiger partial charge in [0.15, 0.2) is 0 Å². The van der Waals surface area contributed by atoms with E-state index >= 15 is 0 Å². The summed E-state index contributed by atoms with van der Waals surface area (Å²) < 4.78 is 2.04. The van der Waals surface area contributed by atoms with Crippen LogP contribution in [-0.4, -0.2) is 9.55 Å². The number of hydrogen-bond acceptors (Lipinski definition) is 2. The van der Waals surface area contributed by atoms with Gasteiger partial charge in [-0.2, -0.15) is 0 Å². The lowest BCUT2D eigenvalue weighted by molar-refractivity contribution is 0.626. The summed E-state index contributed by atoms with van der Waals surface area (Å²) in [5, 5.41) is 0. The highest BCUT2D eigenvalue weighted by Gasteiger charge is 2.17. The molecule has 15 heavy (non-hydrogen) atoms. The van der Waals surface area contributed by atoms with E-state index in [1.807, 2.05) is 11.6 Å². The monoisotopic (exact) mass is 209 g/mol. The van der Waals surface area contributed by atoms with E-state index in [4.69, 9.17) is 5.73 Å².